The number of hydrogen-bond acceptors (Lipinski definition) is 4. The van der Waals surface area contributed by atoms with Gasteiger partial charge < -0.3 is 9.42 Å². The third kappa shape index (κ3) is 2.74. The number of anilines is 1. The monoisotopic (exact) mass is 247 g/mol. The van der Waals surface area contributed by atoms with Crippen molar-refractivity contribution in [2.75, 3.05) is 19.0 Å². The Bertz CT molecular complexity index is 558. The molecule has 0 saturated carbocycles. The van der Waals surface area contributed by atoms with Crippen molar-refractivity contribution in [1.29, 1.82) is 0 Å². The molecule has 0 bridgehead atoms. The Morgan fingerprint density at radius 3 is 2.50 bits per heavy atom. The molecule has 0 atom stereocenters. The van der Waals surface area contributed by atoms with Crippen molar-refractivity contribution in [3.8, 4) is 0 Å². The smallest absolute Gasteiger partial charge is 0.265 e. The maximum Gasteiger partial charge on any atom is 0.265 e. The number of aromatic nitrogens is 2. The van der Waals surface area contributed by atoms with Gasteiger partial charge in [-0.15, -0.1) is 0 Å². The van der Waals surface area contributed by atoms with E-state index in [1.54, 1.807) is 17.0 Å². The molecule has 1 aromatic heterocycles. The Morgan fingerprint density at radius 2 is 1.94 bits per heavy atom. The summed E-state index contributed by atoms with van der Waals surface area (Å²) in [5.41, 5.74) is 1.72. The lowest BCUT2D eigenvalue weighted by atomic mass is 10.1. The molecule has 0 saturated heterocycles. The zero-order valence-electron chi connectivity index (χ0n) is 10.5. The minimum Gasteiger partial charge on any atom is -0.344 e. The van der Waals surface area contributed by atoms with Gasteiger partial charge in [0.1, 0.15) is 5.82 Å². The van der Waals surface area contributed by atoms with Crippen LogP contribution >= 0.6 is 0 Å². The minimum absolute atomic E-state index is 0.252. The predicted octanol–water partition coefficient (Wildman–Crippen LogP) is 2.84. The number of benzene rings is 1. The third-order valence-corrected chi connectivity index (χ3v) is 2.41. The molecule has 0 aliphatic rings. The van der Waals surface area contributed by atoms with E-state index < -0.39 is 0 Å². The lowest BCUT2D eigenvalue weighted by Crippen LogP contribution is -2.10. The van der Waals surface area contributed by atoms with Crippen LogP contribution in [0, 0.1) is 5.82 Å². The lowest BCUT2D eigenvalue weighted by molar-refractivity contribution is 0.407. The Labute approximate surface area is 105 Å². The SMILES string of the molecule is C/C(=C\c1ccc(F)cc1)c1nc(N(C)C)no1. The highest BCUT2D eigenvalue weighted by Gasteiger charge is 2.09. The van der Waals surface area contributed by atoms with Gasteiger partial charge in [-0.3, -0.25) is 0 Å². The normalized spacial score (nSPS) is 11.7. The van der Waals surface area contributed by atoms with Crippen LogP contribution in [0.2, 0.25) is 0 Å². The molecule has 0 N–H and O–H groups in total. The van der Waals surface area contributed by atoms with E-state index in [-0.39, 0.29) is 5.82 Å². The maximum atomic E-state index is 12.8. The largest absolute Gasteiger partial charge is 0.344 e. The summed E-state index contributed by atoms with van der Waals surface area (Å²) in [6.45, 7) is 1.87. The van der Waals surface area contributed by atoms with Crippen molar-refractivity contribution in [3.05, 3.63) is 41.5 Å². The fourth-order valence-corrected chi connectivity index (χ4v) is 1.43. The van der Waals surface area contributed by atoms with E-state index in [0.29, 0.717) is 11.8 Å². The molecule has 4 nitrogen and oxygen atoms in total. The van der Waals surface area contributed by atoms with Crippen LogP contribution in [0.3, 0.4) is 0 Å². The van der Waals surface area contributed by atoms with Crippen LogP contribution in [0.15, 0.2) is 28.8 Å². The second kappa shape index (κ2) is 5.00. The van der Waals surface area contributed by atoms with E-state index >= 15 is 0 Å². The van der Waals surface area contributed by atoms with E-state index in [4.69, 9.17) is 4.52 Å². The molecule has 1 aromatic carbocycles. The van der Waals surface area contributed by atoms with E-state index in [9.17, 15) is 4.39 Å². The molecule has 94 valence electrons. The number of hydrogen-bond donors (Lipinski definition) is 0. The van der Waals surface area contributed by atoms with Crippen molar-refractivity contribution in [3.63, 3.8) is 0 Å². The molecule has 0 fully saturated rings. The van der Waals surface area contributed by atoms with Crippen molar-refractivity contribution in [1.82, 2.24) is 10.1 Å². The molecule has 0 aliphatic heterocycles. The first-order chi connectivity index (χ1) is 8.56. The summed E-state index contributed by atoms with van der Waals surface area (Å²) in [6.07, 6.45) is 1.87. The molecule has 2 aromatic rings. The van der Waals surface area contributed by atoms with E-state index in [1.807, 2.05) is 27.1 Å². The molecular weight excluding hydrogens is 233 g/mol. The first-order valence-corrected chi connectivity index (χ1v) is 5.51. The van der Waals surface area contributed by atoms with Gasteiger partial charge in [0.2, 0.25) is 0 Å². The fraction of sp³-hybridized carbons (Fsp3) is 0.231. The predicted molar refractivity (Wildman–Crippen MR) is 68.6 cm³/mol. The number of nitrogens with zero attached hydrogens (tertiary/aromatic N) is 3. The van der Waals surface area contributed by atoms with Gasteiger partial charge in [0.05, 0.1) is 0 Å². The Kier molecular flexibility index (Phi) is 3.41. The summed E-state index contributed by atoms with van der Waals surface area (Å²) >= 11 is 0. The number of allylic oxidation sites excluding steroid dienone is 1. The standard InChI is InChI=1S/C13H14FN3O/c1-9(8-10-4-6-11(14)7-5-10)12-15-13(16-18-12)17(2)3/h4-8H,1-3H3/b9-8+. The van der Waals surface area contributed by atoms with Crippen molar-refractivity contribution in [2.24, 2.45) is 0 Å². The van der Waals surface area contributed by atoms with Crippen LogP contribution in [-0.2, 0) is 0 Å². The molecule has 5 heteroatoms. The van der Waals surface area contributed by atoms with Gasteiger partial charge in [-0.25, -0.2) is 4.39 Å². The highest BCUT2D eigenvalue weighted by Crippen LogP contribution is 2.18. The van der Waals surface area contributed by atoms with Crippen LogP contribution in [0.5, 0.6) is 0 Å². The second-order valence-corrected chi connectivity index (χ2v) is 4.17. The van der Waals surface area contributed by atoms with Gasteiger partial charge in [-0.2, -0.15) is 4.98 Å². The van der Waals surface area contributed by atoms with Crippen LogP contribution in [-0.4, -0.2) is 24.2 Å². The number of halogens is 1. The molecule has 0 radical (unpaired) electrons. The zero-order chi connectivity index (χ0) is 13.1. The molecule has 0 aliphatic carbocycles. The highest BCUT2D eigenvalue weighted by atomic mass is 19.1. The molecule has 0 amide bonds. The summed E-state index contributed by atoms with van der Waals surface area (Å²) in [5, 5.41) is 3.83. The molecule has 2 rings (SSSR count). The summed E-state index contributed by atoms with van der Waals surface area (Å²) in [7, 11) is 3.68. The molecular formula is C13H14FN3O. The molecule has 18 heavy (non-hydrogen) atoms. The molecule has 0 unspecified atom stereocenters. The van der Waals surface area contributed by atoms with Crippen LogP contribution in [0.4, 0.5) is 10.3 Å². The fourth-order valence-electron chi connectivity index (χ4n) is 1.43. The molecule has 1 heterocycles. The Hall–Kier alpha value is -2.17. The van der Waals surface area contributed by atoms with E-state index in [1.165, 1.54) is 12.1 Å². The van der Waals surface area contributed by atoms with Crippen LogP contribution < -0.4 is 4.90 Å². The quantitative estimate of drug-likeness (QED) is 0.836. The Morgan fingerprint density at radius 1 is 1.28 bits per heavy atom. The summed E-state index contributed by atoms with van der Waals surface area (Å²) in [5.74, 6) is 0.734. The first-order valence-electron chi connectivity index (χ1n) is 5.51. The van der Waals surface area contributed by atoms with Gasteiger partial charge in [0.25, 0.3) is 11.8 Å². The third-order valence-electron chi connectivity index (χ3n) is 2.41. The van der Waals surface area contributed by atoms with Crippen LogP contribution in [0.25, 0.3) is 11.6 Å². The van der Waals surface area contributed by atoms with Gasteiger partial charge >= 0.3 is 0 Å². The van der Waals surface area contributed by atoms with Gasteiger partial charge in [0.15, 0.2) is 0 Å². The van der Waals surface area contributed by atoms with Gasteiger partial charge in [0, 0.05) is 19.7 Å². The number of rotatable bonds is 3. The zero-order valence-corrected chi connectivity index (χ0v) is 10.5. The summed E-state index contributed by atoms with van der Waals surface area (Å²) < 4.78 is 17.9. The van der Waals surface area contributed by atoms with Gasteiger partial charge in [-0.05, 0) is 35.9 Å². The molecule has 0 spiro atoms. The first kappa shape index (κ1) is 12.3. The average molecular weight is 247 g/mol. The van der Waals surface area contributed by atoms with E-state index in [0.717, 1.165) is 11.1 Å². The van der Waals surface area contributed by atoms with Gasteiger partial charge in [-0.1, -0.05) is 12.1 Å². The Balaban J connectivity index is 2.24. The second-order valence-electron chi connectivity index (χ2n) is 4.17. The lowest BCUT2D eigenvalue weighted by Gasteiger charge is -2.02. The summed E-state index contributed by atoms with van der Waals surface area (Å²) in [6, 6.07) is 6.22. The van der Waals surface area contributed by atoms with E-state index in [2.05, 4.69) is 10.1 Å². The maximum absolute atomic E-state index is 12.8. The van der Waals surface area contributed by atoms with Crippen LogP contribution in [0.1, 0.15) is 18.4 Å². The topological polar surface area (TPSA) is 42.2 Å². The highest BCUT2D eigenvalue weighted by molar-refractivity contribution is 5.76. The minimum atomic E-state index is -0.252. The van der Waals surface area contributed by atoms with Crippen molar-refractivity contribution < 1.29 is 8.91 Å². The average Bonchev–Trinajstić information content (AvgIpc) is 2.81. The van der Waals surface area contributed by atoms with Crippen molar-refractivity contribution in [2.45, 2.75) is 6.92 Å². The van der Waals surface area contributed by atoms with Crippen molar-refractivity contribution >= 4 is 17.6 Å². The summed E-state index contributed by atoms with van der Waals surface area (Å²) in [4.78, 5) is 5.99.